The summed E-state index contributed by atoms with van der Waals surface area (Å²) in [6.07, 6.45) is 6.33. The molecule has 0 N–H and O–H groups in total. The number of nitrogens with zero attached hydrogens (tertiary/aromatic N) is 3. The highest BCUT2D eigenvalue weighted by Crippen LogP contribution is 2.28. The first kappa shape index (κ1) is 19.3. The Morgan fingerprint density at radius 1 is 1.07 bits per heavy atom. The minimum absolute atomic E-state index is 0.0877. The van der Waals surface area contributed by atoms with Crippen LogP contribution < -0.4 is 0 Å². The van der Waals surface area contributed by atoms with Crippen molar-refractivity contribution in [1.29, 1.82) is 0 Å². The third kappa shape index (κ3) is 4.70. The van der Waals surface area contributed by atoms with Crippen molar-refractivity contribution in [2.45, 2.75) is 39.0 Å². The Morgan fingerprint density at radius 2 is 1.90 bits per heavy atom. The van der Waals surface area contributed by atoms with Crippen LogP contribution in [0.15, 0.2) is 60.9 Å². The second-order valence-corrected chi connectivity index (χ2v) is 8.03. The van der Waals surface area contributed by atoms with Crippen LogP contribution >= 0.6 is 0 Å². The summed E-state index contributed by atoms with van der Waals surface area (Å²) in [4.78, 5) is 23.7. The number of hydrogen-bond acceptors (Lipinski definition) is 3. The van der Waals surface area contributed by atoms with Gasteiger partial charge in [0.25, 0.3) is 5.91 Å². The monoisotopic (exact) mass is 385 g/mol. The van der Waals surface area contributed by atoms with Crippen LogP contribution in [0.5, 0.6) is 0 Å². The predicted molar refractivity (Wildman–Crippen MR) is 115 cm³/mol. The summed E-state index contributed by atoms with van der Waals surface area (Å²) < 4.78 is 0. The molecule has 1 saturated heterocycles. The minimum Gasteiger partial charge on any atom is -0.338 e. The maximum absolute atomic E-state index is 12.9. The molecule has 4 nitrogen and oxygen atoms in total. The average Bonchev–Trinajstić information content (AvgIpc) is 2.73. The van der Waals surface area contributed by atoms with E-state index in [2.05, 4.69) is 55.2 Å². The lowest BCUT2D eigenvalue weighted by molar-refractivity contribution is 0.0705. The van der Waals surface area contributed by atoms with Crippen LogP contribution in [0.2, 0.25) is 0 Å². The smallest absolute Gasteiger partial charge is 0.253 e. The van der Waals surface area contributed by atoms with Gasteiger partial charge in [-0.1, -0.05) is 29.8 Å². The SMILES string of the molecule is Cc1cccc(Cc2cc(C)nc(C3CCCN(C(=O)c4ccncc4)C3)c2)c1. The lowest BCUT2D eigenvalue weighted by Crippen LogP contribution is -2.39. The van der Waals surface area contributed by atoms with Gasteiger partial charge in [0.1, 0.15) is 0 Å². The van der Waals surface area contributed by atoms with Gasteiger partial charge in [-0.15, -0.1) is 0 Å². The molecular formula is C25H27N3O. The Kier molecular flexibility index (Phi) is 5.70. The van der Waals surface area contributed by atoms with E-state index in [1.807, 2.05) is 4.90 Å². The fourth-order valence-corrected chi connectivity index (χ4v) is 4.22. The molecule has 1 aliphatic rings. The van der Waals surface area contributed by atoms with Gasteiger partial charge in [0.2, 0.25) is 0 Å². The van der Waals surface area contributed by atoms with Crippen LogP contribution in [0.3, 0.4) is 0 Å². The van der Waals surface area contributed by atoms with E-state index in [0.717, 1.165) is 43.7 Å². The van der Waals surface area contributed by atoms with Gasteiger partial charge < -0.3 is 4.90 Å². The first-order valence-electron chi connectivity index (χ1n) is 10.3. The molecule has 29 heavy (non-hydrogen) atoms. The summed E-state index contributed by atoms with van der Waals surface area (Å²) in [5.74, 6) is 0.371. The molecule has 3 aromatic rings. The number of benzene rings is 1. The molecule has 0 saturated carbocycles. The molecule has 1 unspecified atom stereocenters. The standard InChI is InChI=1S/C25H27N3O/c1-18-5-3-6-20(13-18)15-21-14-19(2)27-24(16-21)23-7-4-12-28(17-23)25(29)22-8-10-26-11-9-22/h3,5-6,8-11,13-14,16,23H,4,7,12,15,17H2,1-2H3. The van der Waals surface area contributed by atoms with E-state index < -0.39 is 0 Å². The molecule has 0 aliphatic carbocycles. The molecule has 3 heterocycles. The number of likely N-dealkylation sites (tertiary alicyclic amines) is 1. The van der Waals surface area contributed by atoms with E-state index in [-0.39, 0.29) is 11.8 Å². The zero-order chi connectivity index (χ0) is 20.2. The largest absolute Gasteiger partial charge is 0.338 e. The number of aromatic nitrogens is 2. The van der Waals surface area contributed by atoms with Crippen molar-refractivity contribution in [1.82, 2.24) is 14.9 Å². The molecule has 0 spiro atoms. The van der Waals surface area contributed by atoms with Crippen LogP contribution in [0, 0.1) is 13.8 Å². The van der Waals surface area contributed by atoms with E-state index in [1.165, 1.54) is 16.7 Å². The number of rotatable bonds is 4. The summed E-state index contributed by atoms with van der Waals surface area (Å²) in [6, 6.07) is 16.7. The lowest BCUT2D eigenvalue weighted by Gasteiger charge is -2.33. The number of carbonyl (C=O) groups is 1. The summed E-state index contributed by atoms with van der Waals surface area (Å²) in [6.45, 7) is 5.72. The molecule has 1 atom stereocenters. The lowest BCUT2D eigenvalue weighted by atomic mass is 9.92. The molecular weight excluding hydrogens is 358 g/mol. The number of carbonyl (C=O) groups excluding carboxylic acids is 1. The molecule has 1 aliphatic heterocycles. The van der Waals surface area contributed by atoms with Crippen molar-refractivity contribution >= 4 is 5.91 Å². The minimum atomic E-state index is 0.0877. The number of pyridine rings is 2. The number of amides is 1. The molecule has 1 aromatic carbocycles. The Bertz CT molecular complexity index is 1000. The second-order valence-electron chi connectivity index (χ2n) is 8.03. The molecule has 4 rings (SSSR count). The van der Waals surface area contributed by atoms with Gasteiger partial charge in [0.15, 0.2) is 0 Å². The Balaban J connectivity index is 1.53. The van der Waals surface area contributed by atoms with Crippen molar-refractivity contribution in [2.24, 2.45) is 0 Å². The second kappa shape index (κ2) is 8.56. The topological polar surface area (TPSA) is 46.1 Å². The van der Waals surface area contributed by atoms with Crippen LogP contribution in [-0.2, 0) is 6.42 Å². The zero-order valence-electron chi connectivity index (χ0n) is 17.1. The quantitative estimate of drug-likeness (QED) is 0.654. The van der Waals surface area contributed by atoms with Crippen LogP contribution in [-0.4, -0.2) is 33.9 Å². The summed E-state index contributed by atoms with van der Waals surface area (Å²) in [5, 5.41) is 0. The van der Waals surface area contributed by atoms with Crippen LogP contribution in [0.25, 0.3) is 0 Å². The first-order chi connectivity index (χ1) is 14.1. The van der Waals surface area contributed by atoms with Gasteiger partial charge in [0.05, 0.1) is 0 Å². The van der Waals surface area contributed by atoms with Gasteiger partial charge >= 0.3 is 0 Å². The van der Waals surface area contributed by atoms with E-state index in [9.17, 15) is 4.79 Å². The number of piperidine rings is 1. The molecule has 1 fully saturated rings. The van der Waals surface area contributed by atoms with Crippen LogP contribution in [0.4, 0.5) is 0 Å². The van der Waals surface area contributed by atoms with Gasteiger partial charge in [-0.25, -0.2) is 0 Å². The number of hydrogen-bond donors (Lipinski definition) is 0. The van der Waals surface area contributed by atoms with Crippen molar-refractivity contribution in [3.63, 3.8) is 0 Å². The van der Waals surface area contributed by atoms with E-state index >= 15 is 0 Å². The average molecular weight is 386 g/mol. The van der Waals surface area contributed by atoms with Crippen molar-refractivity contribution in [2.75, 3.05) is 13.1 Å². The van der Waals surface area contributed by atoms with E-state index in [1.54, 1.807) is 24.5 Å². The van der Waals surface area contributed by atoms with E-state index in [0.29, 0.717) is 5.56 Å². The van der Waals surface area contributed by atoms with Crippen molar-refractivity contribution < 1.29 is 4.79 Å². The molecule has 0 bridgehead atoms. The summed E-state index contributed by atoms with van der Waals surface area (Å²) in [7, 11) is 0. The third-order valence-corrected chi connectivity index (χ3v) is 5.58. The van der Waals surface area contributed by atoms with Crippen LogP contribution in [0.1, 0.15) is 57.2 Å². The highest BCUT2D eigenvalue weighted by molar-refractivity contribution is 5.94. The molecule has 1 amide bonds. The van der Waals surface area contributed by atoms with Crippen molar-refractivity contribution in [3.8, 4) is 0 Å². The highest BCUT2D eigenvalue weighted by atomic mass is 16.2. The van der Waals surface area contributed by atoms with Gasteiger partial charge in [-0.3, -0.25) is 14.8 Å². The molecule has 148 valence electrons. The summed E-state index contributed by atoms with van der Waals surface area (Å²) >= 11 is 0. The fourth-order valence-electron chi connectivity index (χ4n) is 4.22. The normalized spacial score (nSPS) is 16.6. The Hall–Kier alpha value is -3.01. The fraction of sp³-hybridized carbons (Fsp3) is 0.320. The maximum atomic E-state index is 12.9. The zero-order valence-corrected chi connectivity index (χ0v) is 17.1. The summed E-state index contributed by atoms with van der Waals surface area (Å²) in [5.41, 5.74) is 6.75. The molecule has 2 aromatic heterocycles. The maximum Gasteiger partial charge on any atom is 0.253 e. The highest BCUT2D eigenvalue weighted by Gasteiger charge is 2.26. The molecule has 4 heteroatoms. The molecule has 0 radical (unpaired) electrons. The number of aryl methyl sites for hydroxylation is 2. The Morgan fingerprint density at radius 3 is 2.69 bits per heavy atom. The van der Waals surface area contributed by atoms with Gasteiger partial charge in [-0.05, 0) is 68.5 Å². The third-order valence-electron chi connectivity index (χ3n) is 5.58. The first-order valence-corrected chi connectivity index (χ1v) is 10.3. The Labute approximate surface area is 172 Å². The predicted octanol–water partition coefficient (Wildman–Crippen LogP) is 4.70. The van der Waals surface area contributed by atoms with Gasteiger partial charge in [-0.2, -0.15) is 0 Å². The van der Waals surface area contributed by atoms with Crippen molar-refractivity contribution in [3.05, 3.63) is 94.6 Å². The van der Waals surface area contributed by atoms with E-state index in [4.69, 9.17) is 4.98 Å². The van der Waals surface area contributed by atoms with Gasteiger partial charge in [0, 0.05) is 48.4 Å².